The Labute approximate surface area is 109 Å². The summed E-state index contributed by atoms with van der Waals surface area (Å²) in [5, 5.41) is 2.98. The van der Waals surface area contributed by atoms with Crippen LogP contribution in [-0.4, -0.2) is 39.9 Å². The Morgan fingerprint density at radius 1 is 1.39 bits per heavy atom. The molecule has 1 aromatic rings. The van der Waals surface area contributed by atoms with Crippen LogP contribution in [0.1, 0.15) is 17.9 Å². The SMILES string of the molecule is CNCCCN(C)S(=O)(=O)NCc1ccc(C)o1. The van der Waals surface area contributed by atoms with Crippen LogP contribution in [0, 0.1) is 6.92 Å². The Hall–Kier alpha value is -0.890. The van der Waals surface area contributed by atoms with E-state index in [-0.39, 0.29) is 6.54 Å². The molecule has 0 atom stereocenters. The molecule has 0 unspecified atom stereocenters. The van der Waals surface area contributed by atoms with Crippen molar-refractivity contribution in [3.05, 3.63) is 23.7 Å². The molecular formula is C11H21N3O3S. The van der Waals surface area contributed by atoms with Gasteiger partial charge in [-0.1, -0.05) is 0 Å². The normalized spacial score (nSPS) is 12.2. The van der Waals surface area contributed by atoms with Gasteiger partial charge < -0.3 is 9.73 Å². The van der Waals surface area contributed by atoms with Crippen LogP contribution in [0.3, 0.4) is 0 Å². The van der Waals surface area contributed by atoms with Crippen molar-refractivity contribution in [1.82, 2.24) is 14.3 Å². The van der Waals surface area contributed by atoms with Crippen LogP contribution < -0.4 is 10.0 Å². The van der Waals surface area contributed by atoms with Gasteiger partial charge in [0, 0.05) is 13.6 Å². The number of nitrogens with zero attached hydrogens (tertiary/aromatic N) is 1. The van der Waals surface area contributed by atoms with Gasteiger partial charge in [-0.15, -0.1) is 0 Å². The first-order valence-corrected chi connectivity index (χ1v) is 7.30. The van der Waals surface area contributed by atoms with E-state index in [0.29, 0.717) is 12.3 Å². The second-order valence-corrected chi connectivity index (χ2v) is 5.98. The van der Waals surface area contributed by atoms with Gasteiger partial charge in [0.05, 0.1) is 6.54 Å². The first-order valence-electron chi connectivity index (χ1n) is 5.86. The molecule has 18 heavy (non-hydrogen) atoms. The van der Waals surface area contributed by atoms with Gasteiger partial charge in [-0.3, -0.25) is 0 Å². The molecule has 0 spiro atoms. The van der Waals surface area contributed by atoms with E-state index in [4.69, 9.17) is 4.42 Å². The zero-order valence-electron chi connectivity index (χ0n) is 11.1. The fourth-order valence-corrected chi connectivity index (χ4v) is 2.37. The van der Waals surface area contributed by atoms with Gasteiger partial charge in [-0.25, -0.2) is 0 Å². The Morgan fingerprint density at radius 3 is 2.67 bits per heavy atom. The number of rotatable bonds is 8. The van der Waals surface area contributed by atoms with Crippen molar-refractivity contribution < 1.29 is 12.8 Å². The summed E-state index contributed by atoms with van der Waals surface area (Å²) < 4.78 is 32.8. The smallest absolute Gasteiger partial charge is 0.279 e. The molecule has 0 amide bonds. The standard InChI is InChI=1S/C11H21N3O3S/c1-10-5-6-11(17-10)9-13-18(15,16)14(3)8-4-7-12-2/h5-6,12-13H,4,7-9H2,1-3H3. The molecule has 2 N–H and O–H groups in total. The predicted octanol–water partition coefficient (Wildman–Crippen LogP) is 0.464. The third kappa shape index (κ3) is 4.77. The summed E-state index contributed by atoms with van der Waals surface area (Å²) in [6.07, 6.45) is 0.772. The topological polar surface area (TPSA) is 74.6 Å². The van der Waals surface area contributed by atoms with E-state index in [9.17, 15) is 8.42 Å². The number of nitrogens with one attached hydrogen (secondary N) is 2. The lowest BCUT2D eigenvalue weighted by Crippen LogP contribution is -2.38. The minimum atomic E-state index is -3.43. The number of furan rings is 1. The Morgan fingerprint density at radius 2 is 2.11 bits per heavy atom. The molecule has 0 aliphatic heterocycles. The van der Waals surface area contributed by atoms with Crippen LogP contribution in [0.2, 0.25) is 0 Å². The highest BCUT2D eigenvalue weighted by Crippen LogP contribution is 2.06. The molecule has 7 heteroatoms. The number of hydrogen-bond donors (Lipinski definition) is 2. The van der Waals surface area contributed by atoms with Crippen LogP contribution in [0.25, 0.3) is 0 Å². The number of aryl methyl sites for hydroxylation is 1. The van der Waals surface area contributed by atoms with Gasteiger partial charge in [-0.2, -0.15) is 17.4 Å². The highest BCUT2D eigenvalue weighted by Gasteiger charge is 2.16. The molecule has 0 radical (unpaired) electrons. The second kappa shape index (κ2) is 6.89. The van der Waals surface area contributed by atoms with Crippen LogP contribution in [0.15, 0.2) is 16.5 Å². The zero-order valence-corrected chi connectivity index (χ0v) is 11.9. The highest BCUT2D eigenvalue weighted by atomic mass is 32.2. The monoisotopic (exact) mass is 275 g/mol. The third-order valence-corrected chi connectivity index (χ3v) is 4.05. The van der Waals surface area contributed by atoms with E-state index >= 15 is 0 Å². The molecule has 6 nitrogen and oxygen atoms in total. The average molecular weight is 275 g/mol. The van der Waals surface area contributed by atoms with Gasteiger partial charge in [0.15, 0.2) is 0 Å². The molecular weight excluding hydrogens is 254 g/mol. The second-order valence-electron chi connectivity index (χ2n) is 4.12. The molecule has 1 heterocycles. The van der Waals surface area contributed by atoms with Crippen LogP contribution in [0.4, 0.5) is 0 Å². The fraction of sp³-hybridized carbons (Fsp3) is 0.636. The first-order chi connectivity index (χ1) is 8.45. The molecule has 0 aliphatic rings. The van der Waals surface area contributed by atoms with E-state index in [1.54, 1.807) is 19.2 Å². The van der Waals surface area contributed by atoms with Crippen molar-refractivity contribution in [3.63, 3.8) is 0 Å². The lowest BCUT2D eigenvalue weighted by molar-refractivity contribution is 0.436. The Balaban J connectivity index is 2.43. The van der Waals surface area contributed by atoms with Crippen molar-refractivity contribution in [2.75, 3.05) is 27.2 Å². The Bertz CT molecular complexity index is 456. The van der Waals surface area contributed by atoms with Crippen molar-refractivity contribution in [2.24, 2.45) is 0 Å². The summed E-state index contributed by atoms with van der Waals surface area (Å²) in [5.74, 6) is 1.38. The first kappa shape index (κ1) is 15.2. The molecule has 0 aromatic carbocycles. The maximum absolute atomic E-state index is 11.9. The van der Waals surface area contributed by atoms with Crippen LogP contribution in [0.5, 0.6) is 0 Å². The van der Waals surface area contributed by atoms with Gasteiger partial charge in [0.1, 0.15) is 11.5 Å². The molecule has 0 saturated carbocycles. The zero-order chi connectivity index (χ0) is 13.6. The lowest BCUT2D eigenvalue weighted by Gasteiger charge is -2.17. The van der Waals surface area contributed by atoms with Crippen LogP contribution in [-0.2, 0) is 16.8 Å². The van der Waals surface area contributed by atoms with Gasteiger partial charge in [0.25, 0.3) is 10.2 Å². The summed E-state index contributed by atoms with van der Waals surface area (Å²) in [5.41, 5.74) is 0. The summed E-state index contributed by atoms with van der Waals surface area (Å²) in [6, 6.07) is 3.57. The van der Waals surface area contributed by atoms with Crippen LogP contribution >= 0.6 is 0 Å². The minimum absolute atomic E-state index is 0.173. The summed E-state index contributed by atoms with van der Waals surface area (Å²) >= 11 is 0. The summed E-state index contributed by atoms with van der Waals surface area (Å²) in [6.45, 7) is 3.26. The quantitative estimate of drug-likeness (QED) is 0.676. The van der Waals surface area contributed by atoms with Crippen molar-refractivity contribution >= 4 is 10.2 Å². The average Bonchev–Trinajstić information content (AvgIpc) is 2.73. The molecule has 1 aromatic heterocycles. The maximum atomic E-state index is 11.9. The van der Waals surface area contributed by atoms with Gasteiger partial charge in [-0.05, 0) is 39.1 Å². The largest absolute Gasteiger partial charge is 0.465 e. The summed E-state index contributed by atoms with van der Waals surface area (Å²) in [4.78, 5) is 0. The van der Waals surface area contributed by atoms with Crippen molar-refractivity contribution in [3.8, 4) is 0 Å². The Kier molecular flexibility index (Phi) is 5.80. The van der Waals surface area contributed by atoms with E-state index in [1.807, 2.05) is 14.0 Å². The van der Waals surface area contributed by atoms with Gasteiger partial charge >= 0.3 is 0 Å². The van der Waals surface area contributed by atoms with E-state index in [0.717, 1.165) is 18.7 Å². The van der Waals surface area contributed by atoms with E-state index in [1.165, 1.54) is 4.31 Å². The predicted molar refractivity (Wildman–Crippen MR) is 70.4 cm³/mol. The molecule has 104 valence electrons. The molecule has 0 aliphatic carbocycles. The third-order valence-electron chi connectivity index (χ3n) is 2.53. The summed E-state index contributed by atoms with van der Waals surface area (Å²) in [7, 11) is -0.0340. The molecule has 0 bridgehead atoms. The molecule has 1 rings (SSSR count). The van der Waals surface area contributed by atoms with Gasteiger partial charge in [0.2, 0.25) is 0 Å². The van der Waals surface area contributed by atoms with E-state index in [2.05, 4.69) is 10.0 Å². The van der Waals surface area contributed by atoms with Crippen molar-refractivity contribution in [2.45, 2.75) is 19.9 Å². The minimum Gasteiger partial charge on any atom is -0.465 e. The maximum Gasteiger partial charge on any atom is 0.279 e. The highest BCUT2D eigenvalue weighted by molar-refractivity contribution is 7.87. The van der Waals surface area contributed by atoms with E-state index < -0.39 is 10.2 Å². The fourth-order valence-electron chi connectivity index (χ4n) is 1.45. The number of hydrogen-bond acceptors (Lipinski definition) is 4. The lowest BCUT2D eigenvalue weighted by atomic mass is 10.4. The molecule has 0 fully saturated rings. The van der Waals surface area contributed by atoms with Crippen molar-refractivity contribution in [1.29, 1.82) is 0 Å². The molecule has 0 saturated heterocycles.